The van der Waals surface area contributed by atoms with Gasteiger partial charge in [0, 0.05) is 12.3 Å². The Labute approximate surface area is 159 Å². The average Bonchev–Trinajstić information content (AvgIpc) is 2.62. The standard InChI is InChI=1S/C20H30F2O5/c1-2-3-6-9-14(23)12-13-16-15(10-7-4-5-8-11-17(24)25)18-20(21,22)19(26-16)27-18/h4,7,12-16,18-19,23H,2-3,5-6,8-11H2,1H3,(H,24,25)/t14-,15+,16+,18+,19+/m0/s1. The number of carboxylic acid groups (broad SMARTS) is 1. The van der Waals surface area contributed by atoms with Crippen molar-refractivity contribution in [3.05, 3.63) is 24.3 Å². The quantitative estimate of drug-likeness (QED) is 0.389. The Balaban J connectivity index is 1.88. The number of ether oxygens (including phenoxy) is 2. The molecule has 0 radical (unpaired) electrons. The van der Waals surface area contributed by atoms with Gasteiger partial charge in [0.15, 0.2) is 0 Å². The molecule has 3 heterocycles. The first-order chi connectivity index (χ1) is 12.9. The molecule has 0 amide bonds. The molecule has 0 aromatic heterocycles. The van der Waals surface area contributed by atoms with Gasteiger partial charge in [-0.05, 0) is 25.7 Å². The molecule has 0 aromatic carbocycles. The molecule has 5 nitrogen and oxygen atoms in total. The smallest absolute Gasteiger partial charge is 0.323 e. The molecule has 0 spiro atoms. The van der Waals surface area contributed by atoms with Crippen molar-refractivity contribution in [1.29, 1.82) is 0 Å². The van der Waals surface area contributed by atoms with Crippen molar-refractivity contribution in [2.75, 3.05) is 0 Å². The zero-order valence-electron chi connectivity index (χ0n) is 15.7. The van der Waals surface area contributed by atoms with E-state index in [0.29, 0.717) is 25.7 Å². The summed E-state index contributed by atoms with van der Waals surface area (Å²) in [5.41, 5.74) is 0. The summed E-state index contributed by atoms with van der Waals surface area (Å²) in [6.07, 6.45) is 8.28. The molecular formula is C20H30F2O5. The van der Waals surface area contributed by atoms with Crippen LogP contribution in [0, 0.1) is 5.92 Å². The molecular weight excluding hydrogens is 358 g/mol. The molecule has 0 saturated carbocycles. The molecule has 0 aromatic rings. The van der Waals surface area contributed by atoms with Gasteiger partial charge in [-0.25, -0.2) is 0 Å². The van der Waals surface area contributed by atoms with E-state index in [1.807, 2.05) is 6.08 Å². The lowest BCUT2D eigenvalue weighted by Crippen LogP contribution is -2.70. The average molecular weight is 388 g/mol. The minimum absolute atomic E-state index is 0.0870. The van der Waals surface area contributed by atoms with Crippen LogP contribution in [0.5, 0.6) is 0 Å². The maximum atomic E-state index is 14.0. The van der Waals surface area contributed by atoms with Gasteiger partial charge in [-0.1, -0.05) is 50.5 Å². The maximum absolute atomic E-state index is 14.0. The topological polar surface area (TPSA) is 76.0 Å². The van der Waals surface area contributed by atoms with Crippen LogP contribution in [0.1, 0.15) is 58.3 Å². The molecule has 7 heteroatoms. The summed E-state index contributed by atoms with van der Waals surface area (Å²) in [6.45, 7) is 2.09. The Hall–Kier alpha value is -1.31. The van der Waals surface area contributed by atoms with Crippen LogP contribution in [0.15, 0.2) is 24.3 Å². The minimum atomic E-state index is -2.99. The molecule has 0 aliphatic carbocycles. The fourth-order valence-electron chi connectivity index (χ4n) is 3.43. The molecule has 3 aliphatic rings. The number of allylic oxidation sites excluding steroid dienone is 2. The van der Waals surface area contributed by atoms with Crippen molar-refractivity contribution >= 4 is 5.97 Å². The highest BCUT2D eigenvalue weighted by Gasteiger charge is 2.68. The van der Waals surface area contributed by atoms with Crippen LogP contribution >= 0.6 is 0 Å². The number of hydrogen-bond donors (Lipinski definition) is 2. The number of hydrogen-bond acceptors (Lipinski definition) is 4. The van der Waals surface area contributed by atoms with Crippen molar-refractivity contribution in [2.45, 2.75) is 88.8 Å². The van der Waals surface area contributed by atoms with Gasteiger partial charge in [-0.3, -0.25) is 4.79 Å². The number of alkyl halides is 2. The van der Waals surface area contributed by atoms with Crippen LogP contribution in [0.3, 0.4) is 0 Å². The number of carbonyl (C=O) groups is 1. The van der Waals surface area contributed by atoms with Crippen molar-refractivity contribution < 1.29 is 33.3 Å². The van der Waals surface area contributed by atoms with Crippen LogP contribution < -0.4 is 0 Å². The van der Waals surface area contributed by atoms with E-state index in [4.69, 9.17) is 14.6 Å². The number of aliphatic carboxylic acids is 1. The number of rotatable bonds is 12. The number of fused-ring (bicyclic) bond motifs is 2. The van der Waals surface area contributed by atoms with Gasteiger partial charge >= 0.3 is 11.9 Å². The van der Waals surface area contributed by atoms with Gasteiger partial charge in [-0.2, -0.15) is 8.78 Å². The van der Waals surface area contributed by atoms with Crippen molar-refractivity contribution in [3.63, 3.8) is 0 Å². The third kappa shape index (κ3) is 6.09. The first-order valence-corrected chi connectivity index (χ1v) is 9.78. The second kappa shape index (κ2) is 10.3. The van der Waals surface area contributed by atoms with Crippen LogP contribution in [0.4, 0.5) is 8.78 Å². The first-order valence-electron chi connectivity index (χ1n) is 9.78. The van der Waals surface area contributed by atoms with Gasteiger partial charge in [0.2, 0.25) is 6.29 Å². The third-order valence-corrected chi connectivity index (χ3v) is 5.02. The Morgan fingerprint density at radius 2 is 2.00 bits per heavy atom. The van der Waals surface area contributed by atoms with Crippen LogP contribution in [-0.4, -0.2) is 46.7 Å². The predicted octanol–water partition coefficient (Wildman–Crippen LogP) is 4.06. The predicted molar refractivity (Wildman–Crippen MR) is 96.5 cm³/mol. The summed E-state index contributed by atoms with van der Waals surface area (Å²) in [4.78, 5) is 10.5. The molecule has 0 unspecified atom stereocenters. The highest BCUT2D eigenvalue weighted by molar-refractivity contribution is 5.66. The molecule has 3 fully saturated rings. The molecule has 3 aliphatic heterocycles. The van der Waals surface area contributed by atoms with E-state index < -0.39 is 42.4 Å². The fourth-order valence-corrected chi connectivity index (χ4v) is 3.43. The van der Waals surface area contributed by atoms with E-state index in [1.165, 1.54) is 0 Å². The number of aliphatic hydroxyl groups is 1. The monoisotopic (exact) mass is 388 g/mol. The Bertz CT molecular complexity index is 534. The summed E-state index contributed by atoms with van der Waals surface area (Å²) in [6, 6.07) is 0. The van der Waals surface area contributed by atoms with Crippen molar-refractivity contribution in [1.82, 2.24) is 0 Å². The Kier molecular flexibility index (Phi) is 8.38. The highest BCUT2D eigenvalue weighted by atomic mass is 19.3. The van der Waals surface area contributed by atoms with Crippen molar-refractivity contribution in [3.8, 4) is 0 Å². The normalized spacial score (nSPS) is 30.5. The second-order valence-electron chi connectivity index (χ2n) is 7.27. The molecule has 27 heavy (non-hydrogen) atoms. The molecule has 2 bridgehead atoms. The number of unbranched alkanes of at least 4 members (excludes halogenated alkanes) is 3. The Morgan fingerprint density at radius 1 is 1.22 bits per heavy atom. The van der Waals surface area contributed by atoms with Crippen LogP contribution in [0.25, 0.3) is 0 Å². The lowest BCUT2D eigenvalue weighted by atomic mass is 9.81. The summed E-state index contributed by atoms with van der Waals surface area (Å²) < 4.78 is 38.5. The molecule has 154 valence electrons. The lowest BCUT2D eigenvalue weighted by molar-refractivity contribution is -0.451. The summed E-state index contributed by atoms with van der Waals surface area (Å²) >= 11 is 0. The highest BCUT2D eigenvalue weighted by Crippen LogP contribution is 2.50. The third-order valence-electron chi connectivity index (χ3n) is 5.02. The van der Waals surface area contributed by atoms with E-state index in [1.54, 1.807) is 18.2 Å². The summed E-state index contributed by atoms with van der Waals surface area (Å²) in [7, 11) is 0. The maximum Gasteiger partial charge on any atom is 0.323 e. The zero-order valence-corrected chi connectivity index (χ0v) is 15.7. The SMILES string of the molecule is CCCCC[C@H](O)C=C[C@H]1O[C@@H]2O[C@H]([C@@H]1CC=CCCCC(=O)O)C2(F)F. The van der Waals surface area contributed by atoms with Gasteiger partial charge in [0.1, 0.15) is 6.10 Å². The Morgan fingerprint density at radius 3 is 2.67 bits per heavy atom. The van der Waals surface area contributed by atoms with Crippen LogP contribution in [0.2, 0.25) is 0 Å². The molecule has 5 atom stereocenters. The number of halogens is 2. The zero-order chi connectivity index (χ0) is 19.9. The fraction of sp³-hybridized carbons (Fsp3) is 0.750. The van der Waals surface area contributed by atoms with E-state index in [2.05, 4.69) is 6.92 Å². The van der Waals surface area contributed by atoms with E-state index >= 15 is 0 Å². The van der Waals surface area contributed by atoms with E-state index in [-0.39, 0.29) is 6.42 Å². The summed E-state index contributed by atoms with van der Waals surface area (Å²) in [5, 5.41) is 18.6. The molecule has 3 saturated heterocycles. The van der Waals surface area contributed by atoms with Crippen LogP contribution in [-0.2, 0) is 14.3 Å². The molecule has 2 N–H and O–H groups in total. The number of carboxylic acids is 1. The van der Waals surface area contributed by atoms with Crippen molar-refractivity contribution in [2.24, 2.45) is 5.92 Å². The van der Waals surface area contributed by atoms with E-state index in [9.17, 15) is 18.7 Å². The summed E-state index contributed by atoms with van der Waals surface area (Å²) in [5.74, 6) is -4.38. The van der Waals surface area contributed by atoms with E-state index in [0.717, 1.165) is 19.3 Å². The second-order valence-corrected chi connectivity index (χ2v) is 7.27. The minimum Gasteiger partial charge on any atom is -0.481 e. The van der Waals surface area contributed by atoms with Gasteiger partial charge in [0.25, 0.3) is 0 Å². The van der Waals surface area contributed by atoms with Gasteiger partial charge in [-0.15, -0.1) is 0 Å². The lowest BCUT2D eigenvalue weighted by Gasteiger charge is -2.54. The number of aliphatic hydroxyl groups excluding tert-OH is 1. The molecule has 3 rings (SSSR count). The first kappa shape index (κ1) is 22.0. The largest absolute Gasteiger partial charge is 0.481 e. The van der Waals surface area contributed by atoms with Gasteiger partial charge < -0.3 is 19.7 Å². The van der Waals surface area contributed by atoms with Gasteiger partial charge in [0.05, 0.1) is 12.2 Å².